The highest BCUT2D eigenvalue weighted by atomic mass is 32.1. The van der Waals surface area contributed by atoms with Crippen molar-refractivity contribution in [2.24, 2.45) is 0 Å². The van der Waals surface area contributed by atoms with E-state index in [-0.39, 0.29) is 0 Å². The van der Waals surface area contributed by atoms with Crippen molar-refractivity contribution in [1.82, 2.24) is 10.3 Å². The molecule has 0 aromatic carbocycles. The van der Waals surface area contributed by atoms with Crippen LogP contribution in [-0.2, 0) is 11.3 Å². The van der Waals surface area contributed by atoms with E-state index in [9.17, 15) is 0 Å². The lowest BCUT2D eigenvalue weighted by Gasteiger charge is -2.05. The van der Waals surface area contributed by atoms with Crippen LogP contribution in [0.1, 0.15) is 36.4 Å². The first kappa shape index (κ1) is 11.0. The van der Waals surface area contributed by atoms with E-state index in [0.29, 0.717) is 5.92 Å². The van der Waals surface area contributed by atoms with Crippen molar-refractivity contribution < 1.29 is 4.74 Å². The van der Waals surface area contributed by atoms with Crippen molar-refractivity contribution in [3.8, 4) is 0 Å². The largest absolute Gasteiger partial charge is 0.384 e. The van der Waals surface area contributed by atoms with E-state index in [2.05, 4.69) is 22.6 Å². The number of thiazole rings is 1. The zero-order valence-electron chi connectivity index (χ0n) is 9.32. The van der Waals surface area contributed by atoms with Crippen LogP contribution >= 0.6 is 11.3 Å². The first-order chi connectivity index (χ1) is 7.29. The van der Waals surface area contributed by atoms with Gasteiger partial charge in [0.2, 0.25) is 0 Å². The number of hydrogen-bond acceptors (Lipinski definition) is 4. The molecule has 1 aliphatic carbocycles. The molecule has 1 aliphatic rings. The van der Waals surface area contributed by atoms with Gasteiger partial charge in [0, 0.05) is 31.0 Å². The predicted molar refractivity (Wildman–Crippen MR) is 62.3 cm³/mol. The molecule has 1 atom stereocenters. The van der Waals surface area contributed by atoms with Gasteiger partial charge in [0.05, 0.1) is 17.3 Å². The Morgan fingerprint density at radius 2 is 2.47 bits per heavy atom. The number of hydrogen-bond donors (Lipinski definition) is 1. The second-order valence-corrected chi connectivity index (χ2v) is 5.08. The Bertz CT molecular complexity index is 309. The zero-order valence-corrected chi connectivity index (χ0v) is 10.1. The summed E-state index contributed by atoms with van der Waals surface area (Å²) in [5.74, 6) is 0.412. The topological polar surface area (TPSA) is 34.1 Å². The number of aromatic nitrogens is 1. The molecule has 0 amide bonds. The predicted octanol–water partition coefficient (Wildman–Crippen LogP) is 2.14. The summed E-state index contributed by atoms with van der Waals surface area (Å²) >= 11 is 1.74. The lowest BCUT2D eigenvalue weighted by molar-refractivity contribution is 0.184. The van der Waals surface area contributed by atoms with Gasteiger partial charge in [-0.25, -0.2) is 4.98 Å². The van der Waals surface area contributed by atoms with Crippen LogP contribution in [0, 0.1) is 0 Å². The van der Waals surface area contributed by atoms with Crippen LogP contribution in [0.3, 0.4) is 0 Å². The highest BCUT2D eigenvalue weighted by Crippen LogP contribution is 2.22. The van der Waals surface area contributed by atoms with Crippen molar-refractivity contribution in [1.29, 1.82) is 0 Å². The molecule has 1 saturated carbocycles. The fourth-order valence-corrected chi connectivity index (χ4v) is 2.35. The van der Waals surface area contributed by atoms with Gasteiger partial charge in [-0.2, -0.15) is 0 Å². The Hall–Kier alpha value is -0.450. The molecule has 0 bridgehead atoms. The summed E-state index contributed by atoms with van der Waals surface area (Å²) in [4.78, 5) is 4.60. The van der Waals surface area contributed by atoms with Gasteiger partial charge in [-0.1, -0.05) is 6.92 Å². The van der Waals surface area contributed by atoms with Gasteiger partial charge in [0.25, 0.3) is 0 Å². The molecule has 84 valence electrons. The van der Waals surface area contributed by atoms with Gasteiger partial charge in [0.15, 0.2) is 0 Å². The number of nitrogens with one attached hydrogen (secondary N) is 1. The highest BCUT2D eigenvalue weighted by molar-refractivity contribution is 7.09. The normalized spacial score (nSPS) is 18.0. The molecule has 0 radical (unpaired) electrons. The van der Waals surface area contributed by atoms with Crippen LogP contribution in [0.5, 0.6) is 0 Å². The number of nitrogens with zero attached hydrogens (tertiary/aromatic N) is 1. The van der Waals surface area contributed by atoms with Crippen LogP contribution < -0.4 is 5.32 Å². The molecule has 1 heterocycles. The Morgan fingerprint density at radius 3 is 3.13 bits per heavy atom. The summed E-state index contributed by atoms with van der Waals surface area (Å²) < 4.78 is 5.13. The van der Waals surface area contributed by atoms with E-state index >= 15 is 0 Å². The maximum atomic E-state index is 5.13. The molecular weight excluding hydrogens is 208 g/mol. The maximum Gasteiger partial charge on any atom is 0.0980 e. The minimum Gasteiger partial charge on any atom is -0.384 e. The Labute approximate surface area is 94.9 Å². The third-order valence-electron chi connectivity index (χ3n) is 2.56. The number of methoxy groups -OCH3 is 1. The van der Waals surface area contributed by atoms with E-state index in [1.807, 2.05) is 0 Å². The third kappa shape index (κ3) is 3.26. The molecule has 1 unspecified atom stereocenters. The van der Waals surface area contributed by atoms with Crippen molar-refractivity contribution in [3.63, 3.8) is 0 Å². The minimum absolute atomic E-state index is 0.412. The van der Waals surface area contributed by atoms with Crippen LogP contribution in [-0.4, -0.2) is 24.7 Å². The van der Waals surface area contributed by atoms with Gasteiger partial charge < -0.3 is 10.1 Å². The van der Waals surface area contributed by atoms with Gasteiger partial charge in [-0.15, -0.1) is 11.3 Å². The summed E-state index contributed by atoms with van der Waals surface area (Å²) in [6, 6.07) is 0.756. The smallest absolute Gasteiger partial charge is 0.0980 e. The van der Waals surface area contributed by atoms with Crippen molar-refractivity contribution in [2.75, 3.05) is 13.7 Å². The second kappa shape index (κ2) is 5.05. The van der Waals surface area contributed by atoms with E-state index < -0.39 is 0 Å². The second-order valence-electron chi connectivity index (χ2n) is 4.19. The van der Waals surface area contributed by atoms with Crippen molar-refractivity contribution >= 4 is 11.3 Å². The molecular formula is C11H18N2OS. The molecule has 1 aromatic heterocycles. The standard InChI is InChI=1S/C11H18N2OS/c1-8(6-14-2)11-13-10(7-15-11)5-12-9-3-4-9/h7-9,12H,3-6H2,1-2H3. The fourth-order valence-electron chi connectivity index (χ4n) is 1.49. The van der Waals surface area contributed by atoms with Gasteiger partial charge >= 0.3 is 0 Å². The first-order valence-corrected chi connectivity index (χ1v) is 6.34. The van der Waals surface area contributed by atoms with E-state index in [0.717, 1.165) is 19.2 Å². The van der Waals surface area contributed by atoms with E-state index in [4.69, 9.17) is 4.74 Å². The summed E-state index contributed by atoms with van der Waals surface area (Å²) in [5, 5.41) is 6.80. The number of rotatable bonds is 6. The lowest BCUT2D eigenvalue weighted by atomic mass is 10.2. The molecule has 2 rings (SSSR count). The molecule has 0 spiro atoms. The monoisotopic (exact) mass is 226 g/mol. The van der Waals surface area contributed by atoms with E-state index in [1.165, 1.54) is 23.5 Å². The molecule has 15 heavy (non-hydrogen) atoms. The lowest BCUT2D eigenvalue weighted by Crippen LogP contribution is -2.15. The zero-order chi connectivity index (χ0) is 10.7. The molecule has 3 nitrogen and oxygen atoms in total. The quantitative estimate of drug-likeness (QED) is 0.807. The first-order valence-electron chi connectivity index (χ1n) is 5.46. The van der Waals surface area contributed by atoms with Gasteiger partial charge in [-0.05, 0) is 12.8 Å². The molecule has 4 heteroatoms. The van der Waals surface area contributed by atoms with Crippen LogP contribution in [0.25, 0.3) is 0 Å². The molecule has 1 N–H and O–H groups in total. The summed E-state index contributed by atoms with van der Waals surface area (Å²) in [6.07, 6.45) is 2.66. The van der Waals surface area contributed by atoms with Gasteiger partial charge in [0.1, 0.15) is 0 Å². The van der Waals surface area contributed by atoms with Crippen LogP contribution in [0.4, 0.5) is 0 Å². The molecule has 1 aromatic rings. The fraction of sp³-hybridized carbons (Fsp3) is 0.727. The SMILES string of the molecule is COCC(C)c1nc(CNC2CC2)cs1. The summed E-state index contributed by atoms with van der Waals surface area (Å²) in [7, 11) is 1.74. The Kier molecular flexibility index (Phi) is 3.72. The summed E-state index contributed by atoms with van der Waals surface area (Å²) in [5.41, 5.74) is 1.17. The Balaban J connectivity index is 1.84. The van der Waals surface area contributed by atoms with Gasteiger partial charge in [-0.3, -0.25) is 0 Å². The van der Waals surface area contributed by atoms with Crippen molar-refractivity contribution in [3.05, 3.63) is 16.1 Å². The Morgan fingerprint density at radius 1 is 1.67 bits per heavy atom. The number of ether oxygens (including phenoxy) is 1. The van der Waals surface area contributed by atoms with Crippen LogP contribution in [0.15, 0.2) is 5.38 Å². The summed E-state index contributed by atoms with van der Waals surface area (Å²) in [6.45, 7) is 3.82. The average Bonchev–Trinajstić information content (AvgIpc) is 2.93. The molecule has 0 saturated heterocycles. The van der Waals surface area contributed by atoms with Crippen molar-refractivity contribution in [2.45, 2.75) is 38.3 Å². The average molecular weight is 226 g/mol. The molecule has 0 aliphatic heterocycles. The van der Waals surface area contributed by atoms with Crippen LogP contribution in [0.2, 0.25) is 0 Å². The van der Waals surface area contributed by atoms with E-state index in [1.54, 1.807) is 18.4 Å². The maximum absolute atomic E-state index is 5.13. The highest BCUT2D eigenvalue weighted by Gasteiger charge is 2.20. The minimum atomic E-state index is 0.412. The third-order valence-corrected chi connectivity index (χ3v) is 3.68. The molecule has 1 fully saturated rings.